The van der Waals surface area contributed by atoms with E-state index in [1.54, 1.807) is 0 Å². The Hall–Kier alpha value is -0.0800. The van der Waals surface area contributed by atoms with Gasteiger partial charge in [-0.05, 0) is 38.1 Å². The molecule has 1 saturated heterocycles. The van der Waals surface area contributed by atoms with Gasteiger partial charge in [0.05, 0.1) is 6.10 Å². The number of rotatable bonds is 4. The smallest absolute Gasteiger partial charge is 0.0617 e. The van der Waals surface area contributed by atoms with E-state index in [0.29, 0.717) is 6.10 Å². The zero-order valence-corrected chi connectivity index (χ0v) is 9.18. The third-order valence-corrected chi connectivity index (χ3v) is 2.75. The highest BCUT2D eigenvalue weighted by atomic mass is 16.5. The van der Waals surface area contributed by atoms with Crippen LogP contribution in [0.5, 0.6) is 0 Å². The molecule has 1 N–H and O–H groups in total. The predicted octanol–water partition coefficient (Wildman–Crippen LogP) is 2.05. The van der Waals surface area contributed by atoms with Crippen molar-refractivity contribution in [3.63, 3.8) is 0 Å². The molecule has 2 nitrogen and oxygen atoms in total. The molecule has 0 spiro atoms. The van der Waals surface area contributed by atoms with Crippen molar-refractivity contribution in [2.75, 3.05) is 20.2 Å². The zero-order chi connectivity index (χ0) is 9.68. The van der Waals surface area contributed by atoms with E-state index in [4.69, 9.17) is 4.74 Å². The van der Waals surface area contributed by atoms with Crippen LogP contribution in [0, 0.1) is 11.8 Å². The Bertz CT molecular complexity index is 134. The lowest BCUT2D eigenvalue weighted by atomic mass is 9.89. The Morgan fingerprint density at radius 1 is 1.46 bits per heavy atom. The first-order valence-electron chi connectivity index (χ1n) is 5.50. The van der Waals surface area contributed by atoms with Gasteiger partial charge in [0, 0.05) is 13.2 Å². The van der Waals surface area contributed by atoms with Gasteiger partial charge < -0.3 is 10.1 Å². The average molecular weight is 185 g/mol. The Labute approximate surface area is 82.0 Å². The van der Waals surface area contributed by atoms with Gasteiger partial charge in [0.2, 0.25) is 0 Å². The molecule has 1 rings (SSSR count). The lowest BCUT2D eigenvalue weighted by Gasteiger charge is -2.32. The fourth-order valence-electron chi connectivity index (χ4n) is 2.12. The maximum absolute atomic E-state index is 5.81. The van der Waals surface area contributed by atoms with E-state index in [-0.39, 0.29) is 0 Å². The Morgan fingerprint density at radius 2 is 2.23 bits per heavy atom. The average Bonchev–Trinajstić information content (AvgIpc) is 2.08. The summed E-state index contributed by atoms with van der Waals surface area (Å²) in [5.74, 6) is 1.49. The molecule has 0 saturated carbocycles. The molecule has 13 heavy (non-hydrogen) atoms. The summed E-state index contributed by atoms with van der Waals surface area (Å²) in [6, 6.07) is 0. The second-order valence-electron chi connectivity index (χ2n) is 4.50. The number of ether oxygens (including phenoxy) is 1. The highest BCUT2D eigenvalue weighted by Gasteiger charge is 2.25. The number of hydrogen-bond donors (Lipinski definition) is 1. The molecule has 2 atom stereocenters. The monoisotopic (exact) mass is 185 g/mol. The van der Waals surface area contributed by atoms with Gasteiger partial charge in [0.25, 0.3) is 0 Å². The maximum Gasteiger partial charge on any atom is 0.0617 e. The molecule has 0 aliphatic carbocycles. The van der Waals surface area contributed by atoms with Gasteiger partial charge in [0.15, 0.2) is 0 Å². The van der Waals surface area contributed by atoms with Crippen LogP contribution < -0.4 is 5.32 Å². The molecule has 2 unspecified atom stereocenters. The molecule has 0 bridgehead atoms. The first kappa shape index (κ1) is 11.0. The largest absolute Gasteiger partial charge is 0.378 e. The van der Waals surface area contributed by atoms with E-state index < -0.39 is 0 Å². The molecule has 1 aliphatic rings. The summed E-state index contributed by atoms with van der Waals surface area (Å²) in [6.07, 6.45) is 4.28. The van der Waals surface area contributed by atoms with Crippen molar-refractivity contribution in [2.24, 2.45) is 11.8 Å². The van der Waals surface area contributed by atoms with Crippen LogP contribution in [0.3, 0.4) is 0 Å². The van der Waals surface area contributed by atoms with Gasteiger partial charge in [-0.2, -0.15) is 0 Å². The highest BCUT2D eigenvalue weighted by Crippen LogP contribution is 2.25. The molecular weight excluding hydrogens is 162 g/mol. The fourth-order valence-corrected chi connectivity index (χ4v) is 2.12. The number of hydrogen-bond acceptors (Lipinski definition) is 2. The quantitative estimate of drug-likeness (QED) is 0.723. The van der Waals surface area contributed by atoms with Crippen LogP contribution in [0.2, 0.25) is 0 Å². The molecule has 0 aromatic rings. The summed E-state index contributed by atoms with van der Waals surface area (Å²) in [5.41, 5.74) is 0. The fraction of sp³-hybridized carbons (Fsp3) is 1.00. The van der Waals surface area contributed by atoms with E-state index >= 15 is 0 Å². The predicted molar refractivity (Wildman–Crippen MR) is 55.8 cm³/mol. The minimum atomic E-state index is 0.501. The van der Waals surface area contributed by atoms with Crippen molar-refractivity contribution in [1.29, 1.82) is 0 Å². The first-order chi connectivity index (χ1) is 6.24. The second kappa shape index (κ2) is 5.61. The standard InChI is InChI=1S/C11H23NO/c1-9(2)7-11-10(8-12-3)5-4-6-13-11/h9-12H,4-8H2,1-3H3. The molecule has 1 aliphatic heterocycles. The van der Waals surface area contributed by atoms with Gasteiger partial charge in [0.1, 0.15) is 0 Å². The topological polar surface area (TPSA) is 21.3 Å². The zero-order valence-electron chi connectivity index (χ0n) is 9.18. The molecule has 0 aromatic carbocycles. The van der Waals surface area contributed by atoms with Crippen molar-refractivity contribution in [3.8, 4) is 0 Å². The van der Waals surface area contributed by atoms with Gasteiger partial charge in [-0.3, -0.25) is 0 Å². The number of nitrogens with one attached hydrogen (secondary N) is 1. The van der Waals surface area contributed by atoms with Crippen LogP contribution in [-0.4, -0.2) is 26.3 Å². The maximum atomic E-state index is 5.81. The third kappa shape index (κ3) is 3.65. The molecule has 0 radical (unpaired) electrons. The van der Waals surface area contributed by atoms with E-state index in [9.17, 15) is 0 Å². The molecule has 2 heteroatoms. The van der Waals surface area contributed by atoms with Crippen LogP contribution in [0.15, 0.2) is 0 Å². The molecular formula is C11H23NO. The Morgan fingerprint density at radius 3 is 2.85 bits per heavy atom. The SMILES string of the molecule is CNCC1CCCOC1CC(C)C. The summed E-state index contributed by atoms with van der Waals surface area (Å²) in [5, 5.41) is 3.26. The summed E-state index contributed by atoms with van der Waals surface area (Å²) >= 11 is 0. The normalized spacial score (nSPS) is 29.5. The molecule has 0 amide bonds. The minimum Gasteiger partial charge on any atom is -0.378 e. The summed E-state index contributed by atoms with van der Waals surface area (Å²) in [6.45, 7) is 6.62. The van der Waals surface area contributed by atoms with E-state index in [0.717, 1.165) is 25.0 Å². The van der Waals surface area contributed by atoms with Crippen molar-refractivity contribution >= 4 is 0 Å². The van der Waals surface area contributed by atoms with Gasteiger partial charge in [-0.25, -0.2) is 0 Å². The van der Waals surface area contributed by atoms with Crippen LogP contribution >= 0.6 is 0 Å². The molecule has 78 valence electrons. The van der Waals surface area contributed by atoms with Crippen molar-refractivity contribution in [1.82, 2.24) is 5.32 Å². The highest BCUT2D eigenvalue weighted by molar-refractivity contribution is 4.76. The van der Waals surface area contributed by atoms with Crippen LogP contribution in [0.4, 0.5) is 0 Å². The lowest BCUT2D eigenvalue weighted by molar-refractivity contribution is -0.0358. The van der Waals surface area contributed by atoms with Gasteiger partial charge in [-0.1, -0.05) is 13.8 Å². The van der Waals surface area contributed by atoms with Crippen LogP contribution in [-0.2, 0) is 4.74 Å². The van der Waals surface area contributed by atoms with Crippen LogP contribution in [0.1, 0.15) is 33.1 Å². The van der Waals surface area contributed by atoms with E-state index in [2.05, 4.69) is 19.2 Å². The van der Waals surface area contributed by atoms with Crippen molar-refractivity contribution < 1.29 is 4.74 Å². The lowest BCUT2D eigenvalue weighted by Crippen LogP contribution is -2.36. The summed E-state index contributed by atoms with van der Waals surface area (Å²) in [4.78, 5) is 0. The van der Waals surface area contributed by atoms with Crippen molar-refractivity contribution in [3.05, 3.63) is 0 Å². The Kier molecular flexibility index (Phi) is 4.74. The Balaban J connectivity index is 2.36. The van der Waals surface area contributed by atoms with Crippen LogP contribution in [0.25, 0.3) is 0 Å². The summed E-state index contributed by atoms with van der Waals surface area (Å²) in [7, 11) is 2.03. The van der Waals surface area contributed by atoms with E-state index in [1.165, 1.54) is 19.3 Å². The summed E-state index contributed by atoms with van der Waals surface area (Å²) < 4.78 is 5.81. The molecule has 1 fully saturated rings. The van der Waals surface area contributed by atoms with Gasteiger partial charge >= 0.3 is 0 Å². The third-order valence-electron chi connectivity index (χ3n) is 2.75. The molecule has 0 aromatic heterocycles. The van der Waals surface area contributed by atoms with Gasteiger partial charge in [-0.15, -0.1) is 0 Å². The molecule has 1 heterocycles. The van der Waals surface area contributed by atoms with Crippen molar-refractivity contribution in [2.45, 2.75) is 39.2 Å². The van der Waals surface area contributed by atoms with E-state index in [1.807, 2.05) is 7.05 Å². The first-order valence-corrected chi connectivity index (χ1v) is 5.50. The minimum absolute atomic E-state index is 0.501. The second-order valence-corrected chi connectivity index (χ2v) is 4.50.